The van der Waals surface area contributed by atoms with E-state index in [-0.39, 0.29) is 0 Å². The fraction of sp³-hybridized carbons (Fsp3) is 1.00. The normalized spacial score (nSPS) is 11.6. The Hall–Kier alpha value is -0.120. The first-order valence-corrected chi connectivity index (χ1v) is 6.00. The van der Waals surface area contributed by atoms with Gasteiger partial charge in [0.05, 0.1) is 0 Å². The van der Waals surface area contributed by atoms with Crippen molar-refractivity contribution in [2.24, 2.45) is 0 Å². The number of hydrogen-bond donors (Lipinski definition) is 2. The predicted octanol–water partition coefficient (Wildman–Crippen LogP) is 1.61. The monoisotopic (exact) mass is 201 g/mol. The molecular formula is C11H27N3. The van der Waals surface area contributed by atoms with Crippen LogP contribution in [0.4, 0.5) is 0 Å². The van der Waals surface area contributed by atoms with Gasteiger partial charge in [-0.1, -0.05) is 27.7 Å². The SMILES string of the molecule is CCCNC(NCCC)N(CC)CC. The van der Waals surface area contributed by atoms with Crippen LogP contribution in [-0.4, -0.2) is 37.4 Å². The summed E-state index contributed by atoms with van der Waals surface area (Å²) in [6.45, 7) is 13.2. The third-order valence-corrected chi connectivity index (χ3v) is 2.35. The molecule has 86 valence electrons. The number of nitrogens with one attached hydrogen (secondary N) is 2. The minimum atomic E-state index is 0.352. The Bertz CT molecular complexity index is 105. The summed E-state index contributed by atoms with van der Waals surface area (Å²) >= 11 is 0. The second kappa shape index (κ2) is 9.44. The molecule has 0 spiro atoms. The van der Waals surface area contributed by atoms with Gasteiger partial charge in [0.1, 0.15) is 6.29 Å². The number of rotatable bonds is 9. The van der Waals surface area contributed by atoms with Gasteiger partial charge in [0.25, 0.3) is 0 Å². The van der Waals surface area contributed by atoms with Gasteiger partial charge < -0.3 is 0 Å². The van der Waals surface area contributed by atoms with Gasteiger partial charge in [-0.15, -0.1) is 0 Å². The zero-order chi connectivity index (χ0) is 10.8. The van der Waals surface area contributed by atoms with Crippen molar-refractivity contribution in [2.45, 2.75) is 46.8 Å². The Morgan fingerprint density at radius 1 is 0.857 bits per heavy atom. The van der Waals surface area contributed by atoms with Crippen LogP contribution in [0, 0.1) is 0 Å². The molecule has 0 aliphatic rings. The summed E-state index contributed by atoms with van der Waals surface area (Å²) in [6.07, 6.45) is 2.72. The van der Waals surface area contributed by atoms with Gasteiger partial charge in [0.15, 0.2) is 0 Å². The van der Waals surface area contributed by atoms with Crippen molar-refractivity contribution >= 4 is 0 Å². The highest BCUT2D eigenvalue weighted by atomic mass is 15.4. The van der Waals surface area contributed by atoms with Crippen LogP contribution in [0.2, 0.25) is 0 Å². The van der Waals surface area contributed by atoms with Crippen LogP contribution >= 0.6 is 0 Å². The standard InChI is InChI=1S/C11H27N3/c1-5-9-12-11(13-10-6-2)14(7-3)8-4/h11-13H,5-10H2,1-4H3. The average Bonchev–Trinajstić information content (AvgIpc) is 2.22. The van der Waals surface area contributed by atoms with E-state index in [9.17, 15) is 0 Å². The van der Waals surface area contributed by atoms with E-state index in [1.54, 1.807) is 0 Å². The van der Waals surface area contributed by atoms with Crippen LogP contribution in [0.1, 0.15) is 40.5 Å². The molecule has 0 rings (SSSR count). The van der Waals surface area contributed by atoms with E-state index in [2.05, 4.69) is 43.2 Å². The van der Waals surface area contributed by atoms with E-state index in [1.165, 1.54) is 12.8 Å². The molecule has 0 saturated carbocycles. The second-order valence-corrected chi connectivity index (χ2v) is 3.53. The van der Waals surface area contributed by atoms with E-state index in [1.807, 2.05) is 0 Å². The van der Waals surface area contributed by atoms with Gasteiger partial charge in [-0.2, -0.15) is 0 Å². The van der Waals surface area contributed by atoms with Crippen molar-refractivity contribution in [1.82, 2.24) is 15.5 Å². The molecule has 0 radical (unpaired) electrons. The minimum Gasteiger partial charge on any atom is -0.289 e. The molecule has 0 unspecified atom stereocenters. The molecule has 0 aromatic heterocycles. The van der Waals surface area contributed by atoms with Gasteiger partial charge in [-0.05, 0) is 39.0 Å². The van der Waals surface area contributed by atoms with Crippen LogP contribution in [-0.2, 0) is 0 Å². The lowest BCUT2D eigenvalue weighted by atomic mass is 10.4. The fourth-order valence-electron chi connectivity index (χ4n) is 1.48. The van der Waals surface area contributed by atoms with Crippen molar-refractivity contribution in [3.05, 3.63) is 0 Å². The zero-order valence-electron chi connectivity index (χ0n) is 10.3. The molecule has 2 N–H and O–H groups in total. The fourth-order valence-corrected chi connectivity index (χ4v) is 1.48. The summed E-state index contributed by atoms with van der Waals surface area (Å²) in [4.78, 5) is 2.41. The Kier molecular flexibility index (Phi) is 9.35. The summed E-state index contributed by atoms with van der Waals surface area (Å²) in [5.41, 5.74) is 0. The molecule has 3 heteroatoms. The van der Waals surface area contributed by atoms with Crippen molar-refractivity contribution < 1.29 is 0 Å². The van der Waals surface area contributed by atoms with Gasteiger partial charge in [0.2, 0.25) is 0 Å². The molecule has 0 amide bonds. The smallest absolute Gasteiger partial charge is 0.114 e. The van der Waals surface area contributed by atoms with Crippen LogP contribution in [0.25, 0.3) is 0 Å². The van der Waals surface area contributed by atoms with E-state index < -0.39 is 0 Å². The molecule has 0 aliphatic heterocycles. The molecule has 0 bridgehead atoms. The highest BCUT2D eigenvalue weighted by molar-refractivity contribution is 4.65. The molecule has 0 heterocycles. The van der Waals surface area contributed by atoms with E-state index in [0.29, 0.717) is 6.29 Å². The third kappa shape index (κ3) is 5.58. The van der Waals surface area contributed by atoms with Crippen molar-refractivity contribution in [3.63, 3.8) is 0 Å². The number of hydrogen-bond acceptors (Lipinski definition) is 3. The largest absolute Gasteiger partial charge is 0.289 e. The van der Waals surface area contributed by atoms with Gasteiger partial charge >= 0.3 is 0 Å². The molecule has 0 atom stereocenters. The first-order chi connectivity index (χ1) is 6.79. The quantitative estimate of drug-likeness (QED) is 0.555. The Morgan fingerprint density at radius 2 is 1.29 bits per heavy atom. The van der Waals surface area contributed by atoms with Crippen molar-refractivity contribution in [3.8, 4) is 0 Å². The summed E-state index contributed by atoms with van der Waals surface area (Å²) in [5.74, 6) is 0. The Morgan fingerprint density at radius 3 is 1.57 bits per heavy atom. The summed E-state index contributed by atoms with van der Waals surface area (Å²) in [6, 6.07) is 0. The Balaban J connectivity index is 3.92. The summed E-state index contributed by atoms with van der Waals surface area (Å²) < 4.78 is 0. The number of nitrogens with zero attached hydrogens (tertiary/aromatic N) is 1. The molecule has 0 saturated heterocycles. The Labute approximate surface area is 89.2 Å². The first kappa shape index (κ1) is 13.9. The van der Waals surface area contributed by atoms with Crippen LogP contribution in [0.3, 0.4) is 0 Å². The maximum atomic E-state index is 3.52. The highest BCUT2D eigenvalue weighted by Gasteiger charge is 2.12. The lowest BCUT2D eigenvalue weighted by Gasteiger charge is -2.31. The maximum Gasteiger partial charge on any atom is 0.114 e. The van der Waals surface area contributed by atoms with E-state index in [0.717, 1.165) is 26.2 Å². The predicted molar refractivity (Wildman–Crippen MR) is 63.3 cm³/mol. The molecule has 0 fully saturated rings. The highest BCUT2D eigenvalue weighted by Crippen LogP contribution is 1.93. The average molecular weight is 201 g/mol. The topological polar surface area (TPSA) is 27.3 Å². The van der Waals surface area contributed by atoms with Gasteiger partial charge in [0, 0.05) is 0 Å². The molecular weight excluding hydrogens is 174 g/mol. The summed E-state index contributed by atoms with van der Waals surface area (Å²) in [7, 11) is 0. The summed E-state index contributed by atoms with van der Waals surface area (Å²) in [5, 5.41) is 7.04. The lowest BCUT2D eigenvalue weighted by Crippen LogP contribution is -2.55. The van der Waals surface area contributed by atoms with Crippen LogP contribution in [0.5, 0.6) is 0 Å². The lowest BCUT2D eigenvalue weighted by molar-refractivity contribution is 0.148. The molecule has 0 aromatic rings. The van der Waals surface area contributed by atoms with E-state index >= 15 is 0 Å². The maximum absolute atomic E-state index is 3.52. The molecule has 3 nitrogen and oxygen atoms in total. The molecule has 0 aromatic carbocycles. The third-order valence-electron chi connectivity index (χ3n) is 2.35. The van der Waals surface area contributed by atoms with Crippen molar-refractivity contribution in [2.75, 3.05) is 26.2 Å². The zero-order valence-corrected chi connectivity index (χ0v) is 10.3. The van der Waals surface area contributed by atoms with Crippen LogP contribution in [0.15, 0.2) is 0 Å². The van der Waals surface area contributed by atoms with Crippen LogP contribution < -0.4 is 10.6 Å². The first-order valence-electron chi connectivity index (χ1n) is 6.00. The van der Waals surface area contributed by atoms with Gasteiger partial charge in [-0.25, -0.2) is 0 Å². The minimum absolute atomic E-state index is 0.352. The molecule has 0 aliphatic carbocycles. The second-order valence-electron chi connectivity index (χ2n) is 3.53. The molecule has 14 heavy (non-hydrogen) atoms. The van der Waals surface area contributed by atoms with Crippen molar-refractivity contribution in [1.29, 1.82) is 0 Å². The van der Waals surface area contributed by atoms with Gasteiger partial charge in [-0.3, -0.25) is 15.5 Å². The van der Waals surface area contributed by atoms with E-state index in [4.69, 9.17) is 0 Å².